The Hall–Kier alpha value is -2.57. The van der Waals surface area contributed by atoms with Crippen LogP contribution in [0.5, 0.6) is 0 Å². The Morgan fingerprint density at radius 1 is 0.971 bits per heavy atom. The Labute approximate surface area is 195 Å². The number of aliphatic hydroxyl groups is 3. The van der Waals surface area contributed by atoms with E-state index in [9.17, 15) is 45.0 Å². The molecule has 2 fully saturated rings. The van der Waals surface area contributed by atoms with Gasteiger partial charge in [0.05, 0.1) is 0 Å². The lowest BCUT2D eigenvalue weighted by molar-refractivity contribution is -0.374. The molecule has 188 valence electrons. The van der Waals surface area contributed by atoms with E-state index in [1.807, 2.05) is 37.3 Å². The van der Waals surface area contributed by atoms with Crippen molar-refractivity contribution in [2.45, 2.75) is 74.8 Å². The predicted octanol–water partition coefficient (Wildman–Crippen LogP) is 0.242. The number of ether oxygens (including phenoxy) is 2. The molecule has 2 aliphatic heterocycles. The highest BCUT2D eigenvalue weighted by molar-refractivity contribution is 5.97. The first-order valence-corrected chi connectivity index (χ1v) is 11.0. The van der Waals surface area contributed by atoms with Crippen molar-refractivity contribution in [3.05, 3.63) is 35.9 Å². The second-order valence-electron chi connectivity index (χ2n) is 9.43. The molecule has 1 aromatic rings. The maximum absolute atomic E-state index is 12.1. The molecule has 2 bridgehead atoms. The maximum atomic E-state index is 12.1. The van der Waals surface area contributed by atoms with E-state index in [0.29, 0.717) is 0 Å². The Bertz CT molecular complexity index is 936. The first kappa shape index (κ1) is 26.0. The summed E-state index contributed by atoms with van der Waals surface area (Å²) in [5, 5.41) is 60.8. The first-order valence-electron chi connectivity index (χ1n) is 11.0. The lowest BCUT2D eigenvalue weighted by atomic mass is 9.74. The second-order valence-corrected chi connectivity index (χ2v) is 9.43. The molecule has 3 rings (SSSR count). The highest BCUT2D eigenvalue weighted by Crippen LogP contribution is 2.54. The fourth-order valence-electron chi connectivity index (χ4n) is 5.18. The Kier molecular flexibility index (Phi) is 7.07. The Morgan fingerprint density at radius 2 is 1.59 bits per heavy atom. The molecule has 2 aliphatic rings. The van der Waals surface area contributed by atoms with Crippen molar-refractivity contribution in [1.82, 2.24) is 0 Å². The fourth-order valence-corrected chi connectivity index (χ4v) is 5.18. The zero-order valence-electron chi connectivity index (χ0n) is 18.8. The molecule has 0 amide bonds. The van der Waals surface area contributed by atoms with Gasteiger partial charge < -0.3 is 40.1 Å². The number of carboxylic acid groups (broad SMARTS) is 3. The van der Waals surface area contributed by atoms with Gasteiger partial charge in [0, 0.05) is 6.42 Å². The number of hydrogen-bond acceptors (Lipinski definition) is 8. The van der Waals surface area contributed by atoms with Crippen molar-refractivity contribution >= 4 is 17.9 Å². The smallest absolute Gasteiger partial charge is 0.343 e. The average Bonchev–Trinajstić information content (AvgIpc) is 2.96. The number of hydrogen-bond donors (Lipinski definition) is 6. The van der Waals surface area contributed by atoms with Gasteiger partial charge >= 0.3 is 17.9 Å². The van der Waals surface area contributed by atoms with Gasteiger partial charge in [0.1, 0.15) is 12.2 Å². The van der Waals surface area contributed by atoms with Crippen LogP contribution in [-0.4, -0.2) is 83.8 Å². The van der Waals surface area contributed by atoms with E-state index in [4.69, 9.17) is 9.47 Å². The Morgan fingerprint density at radius 3 is 2.12 bits per heavy atom. The zero-order valence-corrected chi connectivity index (χ0v) is 18.8. The standard InChI is InChI=1S/C23H30O11/c1-12(10-13(2)11-14-6-4-3-5-7-14)8-9-21-15(24)16(25)23(34-21,20(30)31)22(32,19(28)29)17(33-21)18(26)27/h3-7,12-13,15-17,24-25,32H,8-11H2,1-2H3,(H,26,27)(H,28,29)(H,30,31)/t12-,13+,15-,16-,17-,21+,22-,23+/m1/s1. The summed E-state index contributed by atoms with van der Waals surface area (Å²) >= 11 is 0. The summed E-state index contributed by atoms with van der Waals surface area (Å²) in [7, 11) is 0. The van der Waals surface area contributed by atoms with Gasteiger partial charge in [-0.05, 0) is 36.7 Å². The molecule has 0 unspecified atom stereocenters. The van der Waals surface area contributed by atoms with Crippen molar-refractivity contribution in [3.63, 3.8) is 0 Å². The summed E-state index contributed by atoms with van der Waals surface area (Å²) in [6, 6.07) is 9.85. The molecule has 8 atom stereocenters. The minimum absolute atomic E-state index is 0.00646. The molecule has 0 saturated carbocycles. The Balaban J connectivity index is 1.82. The number of fused-ring (bicyclic) bond motifs is 2. The normalized spacial score (nSPS) is 36.6. The molecular weight excluding hydrogens is 452 g/mol. The van der Waals surface area contributed by atoms with Crippen LogP contribution < -0.4 is 0 Å². The summed E-state index contributed by atoms with van der Waals surface area (Å²) in [5.74, 6) is -8.47. The number of carboxylic acids is 3. The highest BCUT2D eigenvalue weighted by atomic mass is 16.8. The van der Waals surface area contributed by atoms with Gasteiger partial charge in [0.15, 0.2) is 5.79 Å². The summed E-state index contributed by atoms with van der Waals surface area (Å²) in [4.78, 5) is 35.8. The first-order chi connectivity index (χ1) is 15.8. The van der Waals surface area contributed by atoms with Crippen molar-refractivity contribution in [3.8, 4) is 0 Å². The second kappa shape index (κ2) is 9.23. The molecule has 11 nitrogen and oxygen atoms in total. The van der Waals surface area contributed by atoms with E-state index in [1.54, 1.807) is 0 Å². The molecule has 2 heterocycles. The zero-order chi connectivity index (χ0) is 25.5. The molecule has 34 heavy (non-hydrogen) atoms. The maximum Gasteiger partial charge on any atom is 0.343 e. The summed E-state index contributed by atoms with van der Waals surface area (Å²) in [6.07, 6.45) is -5.62. The van der Waals surface area contributed by atoms with Crippen LogP contribution in [0, 0.1) is 11.8 Å². The van der Waals surface area contributed by atoms with E-state index >= 15 is 0 Å². The van der Waals surface area contributed by atoms with Crippen LogP contribution in [-0.2, 0) is 30.3 Å². The van der Waals surface area contributed by atoms with E-state index in [2.05, 4.69) is 6.92 Å². The summed E-state index contributed by atoms with van der Waals surface area (Å²) < 4.78 is 10.6. The van der Waals surface area contributed by atoms with Gasteiger partial charge in [0.2, 0.25) is 17.3 Å². The van der Waals surface area contributed by atoms with Crippen molar-refractivity contribution in [1.29, 1.82) is 0 Å². The van der Waals surface area contributed by atoms with E-state index in [-0.39, 0.29) is 24.7 Å². The van der Waals surface area contributed by atoms with Crippen LogP contribution in [0.3, 0.4) is 0 Å². The third-order valence-corrected chi connectivity index (χ3v) is 6.85. The molecule has 11 heteroatoms. The van der Waals surface area contributed by atoms with E-state index in [0.717, 1.165) is 18.4 Å². The molecule has 0 spiro atoms. The van der Waals surface area contributed by atoms with Crippen molar-refractivity contribution in [2.75, 3.05) is 0 Å². The molecule has 6 N–H and O–H groups in total. The van der Waals surface area contributed by atoms with Gasteiger partial charge in [-0.3, -0.25) is 0 Å². The molecule has 0 aliphatic carbocycles. The molecule has 0 aromatic heterocycles. The summed E-state index contributed by atoms with van der Waals surface area (Å²) in [6.45, 7) is 3.97. The van der Waals surface area contributed by atoms with E-state index < -0.39 is 53.2 Å². The van der Waals surface area contributed by atoms with Crippen LogP contribution >= 0.6 is 0 Å². The van der Waals surface area contributed by atoms with Gasteiger partial charge in [0.25, 0.3) is 0 Å². The minimum Gasteiger partial charge on any atom is -0.479 e. The third kappa shape index (κ3) is 3.97. The minimum atomic E-state index is -3.71. The number of rotatable bonds is 10. The highest BCUT2D eigenvalue weighted by Gasteiger charge is 2.84. The number of carbonyl (C=O) groups is 3. The monoisotopic (exact) mass is 482 g/mol. The number of benzene rings is 1. The quantitative estimate of drug-likeness (QED) is 0.268. The summed E-state index contributed by atoms with van der Waals surface area (Å²) in [5.41, 5.74) is -5.90. The average molecular weight is 482 g/mol. The van der Waals surface area contributed by atoms with Crippen LogP contribution in [0.15, 0.2) is 30.3 Å². The third-order valence-electron chi connectivity index (χ3n) is 6.85. The van der Waals surface area contributed by atoms with Gasteiger partial charge in [-0.25, -0.2) is 14.4 Å². The van der Waals surface area contributed by atoms with Crippen LogP contribution in [0.1, 0.15) is 38.7 Å². The van der Waals surface area contributed by atoms with Crippen LogP contribution in [0.2, 0.25) is 0 Å². The SMILES string of the molecule is C[C@H](CC[C@]12O[C@H](C(=O)O)[C@@](O)(C(=O)O)[C@](C(=O)O)(O1)[C@H](O)[C@H]2O)C[C@H](C)Cc1ccccc1. The van der Waals surface area contributed by atoms with Gasteiger partial charge in [-0.15, -0.1) is 0 Å². The van der Waals surface area contributed by atoms with Crippen LogP contribution in [0.25, 0.3) is 0 Å². The molecular formula is C23H30O11. The van der Waals surface area contributed by atoms with Gasteiger partial charge in [-0.1, -0.05) is 44.2 Å². The lowest BCUT2D eigenvalue weighted by Crippen LogP contribution is -2.77. The van der Waals surface area contributed by atoms with E-state index in [1.165, 1.54) is 0 Å². The molecule has 0 radical (unpaired) electrons. The lowest BCUT2D eigenvalue weighted by Gasteiger charge is -2.48. The number of aliphatic hydroxyl groups excluding tert-OH is 2. The van der Waals surface area contributed by atoms with Crippen molar-refractivity contribution in [2.24, 2.45) is 11.8 Å². The fraction of sp³-hybridized carbons (Fsp3) is 0.609. The van der Waals surface area contributed by atoms with Gasteiger partial charge in [-0.2, -0.15) is 0 Å². The van der Waals surface area contributed by atoms with Crippen LogP contribution in [0.4, 0.5) is 0 Å². The molecule has 2 saturated heterocycles. The number of aliphatic carboxylic acids is 3. The largest absolute Gasteiger partial charge is 0.479 e. The predicted molar refractivity (Wildman–Crippen MR) is 114 cm³/mol. The molecule has 1 aromatic carbocycles. The topological polar surface area (TPSA) is 191 Å². The van der Waals surface area contributed by atoms with Crippen molar-refractivity contribution < 1.29 is 54.5 Å².